The van der Waals surface area contributed by atoms with Gasteiger partial charge in [0.05, 0.1) is 6.16 Å². The lowest BCUT2D eigenvalue weighted by Crippen LogP contribution is -2.49. The Labute approximate surface area is 181 Å². The van der Waals surface area contributed by atoms with Crippen molar-refractivity contribution in [3.8, 4) is 0 Å². The molecule has 0 saturated carbocycles. The summed E-state index contributed by atoms with van der Waals surface area (Å²) in [5, 5.41) is 4.43. The predicted molar refractivity (Wildman–Crippen MR) is 132 cm³/mol. The molecule has 3 aromatic rings. The van der Waals surface area contributed by atoms with E-state index in [0.717, 1.165) is 45.8 Å². The minimum Gasteiger partial charge on any atom is -0.329 e. The highest BCUT2D eigenvalue weighted by Gasteiger charge is 2.45. The second-order valence-corrected chi connectivity index (χ2v) is 11.6. The van der Waals surface area contributed by atoms with Gasteiger partial charge in [0.15, 0.2) is 0 Å². The van der Waals surface area contributed by atoms with E-state index in [0.29, 0.717) is 0 Å². The summed E-state index contributed by atoms with van der Waals surface area (Å²) in [6.45, 7) is 7.43. The SMILES string of the molecule is NCCN1CCN(CC[P+](c2ccccc2)(c2ccccc2)c2ccccc2)CC1. The Bertz CT molecular complexity index is 781. The minimum absolute atomic E-state index is 0.755. The zero-order chi connectivity index (χ0) is 20.7. The zero-order valence-corrected chi connectivity index (χ0v) is 18.6. The van der Waals surface area contributed by atoms with Crippen LogP contribution in [-0.4, -0.2) is 61.8 Å². The average Bonchev–Trinajstić information content (AvgIpc) is 2.83. The van der Waals surface area contributed by atoms with Gasteiger partial charge in [-0.2, -0.15) is 0 Å². The third-order valence-electron chi connectivity index (χ3n) is 6.25. The molecule has 1 fully saturated rings. The van der Waals surface area contributed by atoms with Crippen molar-refractivity contribution in [1.29, 1.82) is 0 Å². The van der Waals surface area contributed by atoms with Crippen molar-refractivity contribution < 1.29 is 0 Å². The van der Waals surface area contributed by atoms with Crippen LogP contribution in [-0.2, 0) is 0 Å². The molecule has 30 heavy (non-hydrogen) atoms. The molecular weight excluding hydrogens is 385 g/mol. The van der Waals surface area contributed by atoms with Crippen molar-refractivity contribution in [2.45, 2.75) is 0 Å². The largest absolute Gasteiger partial charge is 0.329 e. The van der Waals surface area contributed by atoms with Crippen LogP contribution in [0.3, 0.4) is 0 Å². The van der Waals surface area contributed by atoms with Gasteiger partial charge in [-0.15, -0.1) is 0 Å². The molecule has 156 valence electrons. The lowest BCUT2D eigenvalue weighted by atomic mass is 10.3. The van der Waals surface area contributed by atoms with Gasteiger partial charge in [0.1, 0.15) is 23.2 Å². The number of nitrogens with zero attached hydrogens (tertiary/aromatic N) is 2. The Morgan fingerprint density at radius 2 is 0.933 bits per heavy atom. The van der Waals surface area contributed by atoms with Gasteiger partial charge in [0, 0.05) is 45.8 Å². The Morgan fingerprint density at radius 1 is 0.567 bits per heavy atom. The van der Waals surface area contributed by atoms with Crippen LogP contribution in [0.15, 0.2) is 91.0 Å². The van der Waals surface area contributed by atoms with Gasteiger partial charge >= 0.3 is 0 Å². The first-order valence-corrected chi connectivity index (χ1v) is 13.0. The number of piperazine rings is 1. The molecule has 1 saturated heterocycles. The van der Waals surface area contributed by atoms with Crippen molar-refractivity contribution in [2.24, 2.45) is 5.73 Å². The average molecular weight is 419 g/mol. The molecular formula is C26H33N3P+. The molecule has 3 aromatic carbocycles. The number of benzene rings is 3. The van der Waals surface area contributed by atoms with Crippen LogP contribution in [0.2, 0.25) is 0 Å². The third-order valence-corrected chi connectivity index (χ3v) is 10.7. The van der Waals surface area contributed by atoms with Gasteiger partial charge in [-0.1, -0.05) is 54.6 Å². The molecule has 0 unspecified atom stereocenters. The standard InChI is InChI=1S/C26H33N3P/c27-16-17-28-18-20-29(21-19-28)22-23-30(24-10-4-1-5-11-24,25-12-6-2-7-13-25)26-14-8-3-9-15-26/h1-15H,16-23,27H2/q+1. The maximum absolute atomic E-state index is 5.75. The molecule has 0 radical (unpaired) electrons. The van der Waals surface area contributed by atoms with Crippen LogP contribution in [0.25, 0.3) is 0 Å². The monoisotopic (exact) mass is 418 g/mol. The first-order chi connectivity index (χ1) is 14.8. The van der Waals surface area contributed by atoms with Crippen LogP contribution in [0.5, 0.6) is 0 Å². The summed E-state index contributed by atoms with van der Waals surface area (Å²) in [6, 6.07) is 33.6. The summed E-state index contributed by atoms with van der Waals surface area (Å²) < 4.78 is 0. The highest BCUT2D eigenvalue weighted by molar-refractivity contribution is 7.95. The maximum atomic E-state index is 5.75. The van der Waals surface area contributed by atoms with E-state index in [1.54, 1.807) is 0 Å². The van der Waals surface area contributed by atoms with Gasteiger partial charge in [0.25, 0.3) is 0 Å². The second kappa shape index (κ2) is 10.3. The minimum atomic E-state index is -1.72. The number of nitrogens with two attached hydrogens (primary N) is 1. The van der Waals surface area contributed by atoms with Crippen LogP contribution in [0, 0.1) is 0 Å². The van der Waals surface area contributed by atoms with Gasteiger partial charge in [-0.3, -0.25) is 9.80 Å². The fourth-order valence-electron chi connectivity index (χ4n) is 4.59. The number of hydrogen-bond acceptors (Lipinski definition) is 3. The van der Waals surface area contributed by atoms with Gasteiger partial charge < -0.3 is 5.73 Å². The van der Waals surface area contributed by atoms with Crippen molar-refractivity contribution in [3.05, 3.63) is 91.0 Å². The summed E-state index contributed by atoms with van der Waals surface area (Å²) in [7, 11) is -1.72. The van der Waals surface area contributed by atoms with Crippen molar-refractivity contribution in [3.63, 3.8) is 0 Å². The molecule has 1 aliphatic rings. The van der Waals surface area contributed by atoms with Crippen molar-refractivity contribution in [1.82, 2.24) is 9.80 Å². The number of rotatable bonds is 8. The second-order valence-electron chi connectivity index (χ2n) is 8.01. The molecule has 0 bridgehead atoms. The van der Waals surface area contributed by atoms with E-state index in [1.807, 2.05) is 0 Å². The van der Waals surface area contributed by atoms with Gasteiger partial charge in [-0.25, -0.2) is 0 Å². The Balaban J connectivity index is 1.67. The quantitative estimate of drug-likeness (QED) is 0.571. The van der Waals surface area contributed by atoms with E-state index in [1.165, 1.54) is 22.1 Å². The fraction of sp³-hybridized carbons (Fsp3) is 0.308. The molecule has 1 aliphatic heterocycles. The molecule has 0 aliphatic carbocycles. The van der Waals surface area contributed by atoms with Crippen LogP contribution >= 0.6 is 7.26 Å². The van der Waals surface area contributed by atoms with Crippen LogP contribution in [0.4, 0.5) is 0 Å². The van der Waals surface area contributed by atoms with Gasteiger partial charge in [0.2, 0.25) is 0 Å². The Hall–Kier alpha value is -2.03. The summed E-state index contributed by atoms with van der Waals surface area (Å²) in [5.41, 5.74) is 5.75. The lowest BCUT2D eigenvalue weighted by molar-refractivity contribution is 0.141. The van der Waals surface area contributed by atoms with Gasteiger partial charge in [-0.05, 0) is 36.4 Å². The maximum Gasteiger partial charge on any atom is 0.113 e. The Kier molecular flexibility index (Phi) is 7.30. The highest BCUT2D eigenvalue weighted by Crippen LogP contribution is 2.55. The molecule has 0 spiro atoms. The molecule has 0 aromatic heterocycles. The van der Waals surface area contributed by atoms with E-state index < -0.39 is 7.26 Å². The molecule has 4 heteroatoms. The fourth-order valence-corrected chi connectivity index (χ4v) is 8.89. The smallest absolute Gasteiger partial charge is 0.113 e. The molecule has 0 amide bonds. The molecule has 0 atom stereocenters. The summed E-state index contributed by atoms with van der Waals surface area (Å²) in [5.74, 6) is 0. The summed E-state index contributed by atoms with van der Waals surface area (Å²) in [4.78, 5) is 5.14. The first kappa shape index (κ1) is 21.2. The third kappa shape index (κ3) is 4.66. The van der Waals surface area contributed by atoms with Crippen LogP contribution < -0.4 is 21.6 Å². The topological polar surface area (TPSA) is 32.5 Å². The van der Waals surface area contributed by atoms with E-state index in [9.17, 15) is 0 Å². The number of hydrogen-bond donors (Lipinski definition) is 1. The highest BCUT2D eigenvalue weighted by atomic mass is 31.2. The summed E-state index contributed by atoms with van der Waals surface area (Å²) >= 11 is 0. The van der Waals surface area contributed by atoms with E-state index in [2.05, 4.69) is 101 Å². The van der Waals surface area contributed by atoms with Crippen molar-refractivity contribution in [2.75, 3.05) is 52.0 Å². The normalized spacial score (nSPS) is 15.9. The molecule has 1 heterocycles. The van der Waals surface area contributed by atoms with Crippen molar-refractivity contribution >= 4 is 23.2 Å². The van der Waals surface area contributed by atoms with E-state index in [4.69, 9.17) is 5.73 Å². The van der Waals surface area contributed by atoms with E-state index in [-0.39, 0.29) is 0 Å². The zero-order valence-electron chi connectivity index (χ0n) is 17.7. The van der Waals surface area contributed by atoms with Crippen LogP contribution in [0.1, 0.15) is 0 Å². The Morgan fingerprint density at radius 3 is 1.30 bits per heavy atom. The molecule has 2 N–H and O–H groups in total. The molecule has 3 nitrogen and oxygen atoms in total. The predicted octanol–water partition coefficient (Wildman–Crippen LogP) is 2.56. The lowest BCUT2D eigenvalue weighted by Gasteiger charge is -2.36. The summed E-state index contributed by atoms with van der Waals surface area (Å²) in [6.07, 6.45) is 1.17. The van der Waals surface area contributed by atoms with E-state index >= 15 is 0 Å². The first-order valence-electron chi connectivity index (χ1n) is 11.0. The molecule has 4 rings (SSSR count).